The number of nitrogens with zero attached hydrogens (tertiary/aromatic N) is 1. The van der Waals surface area contributed by atoms with Crippen LogP contribution in [0.1, 0.15) is 36.0 Å². The van der Waals surface area contributed by atoms with E-state index in [1.807, 2.05) is 12.1 Å². The second kappa shape index (κ2) is 8.83. The van der Waals surface area contributed by atoms with Crippen molar-refractivity contribution < 1.29 is 9.59 Å². The molecule has 0 spiro atoms. The Hall–Kier alpha value is -1.11. The summed E-state index contributed by atoms with van der Waals surface area (Å²) in [6, 6.07) is 7.91. The molecule has 2 amide bonds. The third-order valence-corrected chi connectivity index (χ3v) is 5.20. The van der Waals surface area contributed by atoms with E-state index in [4.69, 9.17) is 0 Å². The van der Waals surface area contributed by atoms with Crippen molar-refractivity contribution in [2.75, 3.05) is 19.6 Å². The standard InChI is InChI=1S/C17H22BrN3O2.ClH/c18-13-3-1-12(2-4-13)17(23)20-10-8-16(22)21-14-5-6-15(21)11-19-9-7-14;/h1-4,14-15,19H,5-11H2,(H,20,23);1H. The molecule has 3 rings (SSSR count). The lowest BCUT2D eigenvalue weighted by molar-refractivity contribution is -0.133. The Bertz CT molecular complexity index is 568. The highest BCUT2D eigenvalue weighted by molar-refractivity contribution is 9.10. The van der Waals surface area contributed by atoms with Crippen LogP contribution in [0.25, 0.3) is 0 Å². The van der Waals surface area contributed by atoms with Gasteiger partial charge in [-0.15, -0.1) is 12.4 Å². The quantitative estimate of drug-likeness (QED) is 0.792. The molecule has 0 saturated carbocycles. The lowest BCUT2D eigenvalue weighted by Gasteiger charge is -2.28. The van der Waals surface area contributed by atoms with E-state index in [2.05, 4.69) is 31.5 Å². The summed E-state index contributed by atoms with van der Waals surface area (Å²) in [6.45, 7) is 2.27. The van der Waals surface area contributed by atoms with Crippen LogP contribution < -0.4 is 10.6 Å². The molecule has 2 heterocycles. The van der Waals surface area contributed by atoms with Gasteiger partial charge in [-0.2, -0.15) is 0 Å². The molecule has 2 unspecified atom stereocenters. The monoisotopic (exact) mass is 415 g/mol. The predicted molar refractivity (Wildman–Crippen MR) is 99.5 cm³/mol. The van der Waals surface area contributed by atoms with E-state index in [0.717, 1.165) is 36.8 Å². The Morgan fingerprint density at radius 2 is 1.88 bits per heavy atom. The molecule has 2 aliphatic rings. The number of carbonyl (C=O) groups excluding carboxylic acids is 2. The van der Waals surface area contributed by atoms with Crippen LogP contribution in [0.4, 0.5) is 0 Å². The van der Waals surface area contributed by atoms with Crippen LogP contribution in [0.3, 0.4) is 0 Å². The van der Waals surface area contributed by atoms with Crippen molar-refractivity contribution in [3.8, 4) is 0 Å². The highest BCUT2D eigenvalue weighted by atomic mass is 79.9. The van der Waals surface area contributed by atoms with Crippen molar-refractivity contribution in [2.24, 2.45) is 0 Å². The van der Waals surface area contributed by atoms with Crippen molar-refractivity contribution in [2.45, 2.75) is 37.8 Å². The number of rotatable bonds is 4. The number of hydrogen-bond donors (Lipinski definition) is 2. The van der Waals surface area contributed by atoms with Gasteiger partial charge in [0.15, 0.2) is 0 Å². The van der Waals surface area contributed by atoms with Gasteiger partial charge in [0, 0.05) is 41.6 Å². The zero-order chi connectivity index (χ0) is 16.2. The number of halogens is 2. The number of nitrogens with one attached hydrogen (secondary N) is 2. The highest BCUT2D eigenvalue weighted by Gasteiger charge is 2.37. The van der Waals surface area contributed by atoms with Crippen molar-refractivity contribution >= 4 is 40.2 Å². The fourth-order valence-electron chi connectivity index (χ4n) is 3.50. The zero-order valence-corrected chi connectivity index (χ0v) is 15.9. The van der Waals surface area contributed by atoms with E-state index in [-0.39, 0.29) is 24.2 Å². The van der Waals surface area contributed by atoms with Gasteiger partial charge in [-0.3, -0.25) is 9.59 Å². The molecule has 1 aromatic carbocycles. The summed E-state index contributed by atoms with van der Waals surface area (Å²) in [6.07, 6.45) is 3.61. The van der Waals surface area contributed by atoms with E-state index in [1.54, 1.807) is 12.1 Å². The molecule has 132 valence electrons. The topological polar surface area (TPSA) is 61.4 Å². The minimum atomic E-state index is -0.134. The fourth-order valence-corrected chi connectivity index (χ4v) is 3.77. The summed E-state index contributed by atoms with van der Waals surface area (Å²) in [5.74, 6) is 0.0307. The van der Waals surface area contributed by atoms with Crippen molar-refractivity contribution in [3.05, 3.63) is 34.3 Å². The Morgan fingerprint density at radius 3 is 2.62 bits per heavy atom. The molecule has 0 aromatic heterocycles. The first kappa shape index (κ1) is 19.2. The fraction of sp³-hybridized carbons (Fsp3) is 0.529. The number of amides is 2. The van der Waals surface area contributed by atoms with Crippen LogP contribution in [0.2, 0.25) is 0 Å². The zero-order valence-electron chi connectivity index (χ0n) is 13.5. The first-order valence-corrected chi connectivity index (χ1v) is 9.00. The lowest BCUT2D eigenvalue weighted by Crippen LogP contribution is -2.43. The summed E-state index contributed by atoms with van der Waals surface area (Å²) in [7, 11) is 0. The maximum atomic E-state index is 12.5. The molecule has 2 N–H and O–H groups in total. The molecule has 2 bridgehead atoms. The molecule has 7 heteroatoms. The van der Waals surface area contributed by atoms with Crippen LogP contribution in [0.15, 0.2) is 28.7 Å². The Morgan fingerprint density at radius 1 is 1.17 bits per heavy atom. The number of carbonyl (C=O) groups is 2. The molecule has 2 fully saturated rings. The third kappa shape index (κ3) is 4.49. The lowest BCUT2D eigenvalue weighted by atomic mass is 10.1. The summed E-state index contributed by atoms with van der Waals surface area (Å²) in [4.78, 5) is 26.6. The summed E-state index contributed by atoms with van der Waals surface area (Å²) < 4.78 is 0.939. The average molecular weight is 417 g/mol. The van der Waals surface area contributed by atoms with Gasteiger partial charge in [0.25, 0.3) is 5.91 Å². The maximum absolute atomic E-state index is 12.5. The number of hydrogen-bond acceptors (Lipinski definition) is 3. The molecule has 2 saturated heterocycles. The van der Waals surface area contributed by atoms with Crippen LogP contribution in [0.5, 0.6) is 0 Å². The number of fused-ring (bicyclic) bond motifs is 2. The summed E-state index contributed by atoms with van der Waals surface area (Å²) in [5.41, 5.74) is 0.611. The van der Waals surface area contributed by atoms with E-state index >= 15 is 0 Å². The predicted octanol–water partition coefficient (Wildman–Crippen LogP) is 2.34. The van der Waals surface area contributed by atoms with Gasteiger partial charge in [0.05, 0.1) is 0 Å². The maximum Gasteiger partial charge on any atom is 0.251 e. The van der Waals surface area contributed by atoms with Gasteiger partial charge in [-0.25, -0.2) is 0 Å². The largest absolute Gasteiger partial charge is 0.352 e. The Labute approximate surface area is 157 Å². The van der Waals surface area contributed by atoms with Crippen LogP contribution in [0, 0.1) is 0 Å². The van der Waals surface area contributed by atoms with Crippen molar-refractivity contribution in [3.63, 3.8) is 0 Å². The van der Waals surface area contributed by atoms with Crippen molar-refractivity contribution in [1.29, 1.82) is 0 Å². The normalized spacial score (nSPS) is 22.5. The molecule has 2 atom stereocenters. The van der Waals surface area contributed by atoms with Crippen LogP contribution in [-0.4, -0.2) is 48.4 Å². The van der Waals surface area contributed by atoms with E-state index < -0.39 is 0 Å². The van der Waals surface area contributed by atoms with E-state index in [0.29, 0.717) is 30.6 Å². The van der Waals surface area contributed by atoms with Crippen LogP contribution >= 0.6 is 28.3 Å². The van der Waals surface area contributed by atoms with Gasteiger partial charge in [-0.05, 0) is 50.1 Å². The Balaban J connectivity index is 0.00000208. The number of benzene rings is 1. The smallest absolute Gasteiger partial charge is 0.251 e. The SMILES string of the molecule is Cl.O=C(NCCC(=O)N1C2CCNCC1CC2)c1ccc(Br)cc1. The second-order valence-electron chi connectivity index (χ2n) is 6.19. The molecular weight excluding hydrogens is 394 g/mol. The second-order valence-corrected chi connectivity index (χ2v) is 7.11. The summed E-state index contributed by atoms with van der Waals surface area (Å²) >= 11 is 3.35. The molecule has 5 nitrogen and oxygen atoms in total. The molecule has 2 aliphatic heterocycles. The molecule has 0 aliphatic carbocycles. The minimum Gasteiger partial charge on any atom is -0.352 e. The van der Waals surface area contributed by atoms with Gasteiger partial charge in [0.2, 0.25) is 5.91 Å². The first-order valence-electron chi connectivity index (χ1n) is 8.21. The molecule has 0 radical (unpaired) electrons. The average Bonchev–Trinajstić information content (AvgIpc) is 2.80. The van der Waals surface area contributed by atoms with Gasteiger partial charge in [0.1, 0.15) is 0 Å². The van der Waals surface area contributed by atoms with Gasteiger partial charge in [-0.1, -0.05) is 15.9 Å². The van der Waals surface area contributed by atoms with Gasteiger partial charge >= 0.3 is 0 Å². The summed E-state index contributed by atoms with van der Waals surface area (Å²) in [5, 5.41) is 6.23. The van der Waals surface area contributed by atoms with E-state index in [1.165, 1.54) is 0 Å². The van der Waals surface area contributed by atoms with Crippen molar-refractivity contribution in [1.82, 2.24) is 15.5 Å². The Kier molecular flexibility index (Phi) is 7.07. The van der Waals surface area contributed by atoms with E-state index in [9.17, 15) is 9.59 Å². The molecule has 1 aromatic rings. The van der Waals surface area contributed by atoms with Crippen LogP contribution in [-0.2, 0) is 4.79 Å². The molecular formula is C17H23BrClN3O2. The molecule has 24 heavy (non-hydrogen) atoms. The first-order chi connectivity index (χ1) is 11.1. The van der Waals surface area contributed by atoms with Gasteiger partial charge < -0.3 is 15.5 Å². The highest BCUT2D eigenvalue weighted by Crippen LogP contribution is 2.28. The minimum absolute atomic E-state index is 0. The third-order valence-electron chi connectivity index (χ3n) is 4.67.